The van der Waals surface area contributed by atoms with E-state index in [1.165, 1.54) is 63.4 Å². The Kier molecular flexibility index (Phi) is 13.9. The zero-order valence-electron chi connectivity index (χ0n) is 27.9. The number of pyridine rings is 1. The minimum absolute atomic E-state index is 0.120. The number of methoxy groups -OCH3 is 1. The molecule has 1 aromatic heterocycles. The van der Waals surface area contributed by atoms with Crippen LogP contribution in [0.1, 0.15) is 124 Å². The summed E-state index contributed by atoms with van der Waals surface area (Å²) in [7, 11) is 3.43. The fourth-order valence-corrected chi connectivity index (χ4v) is 5.39. The number of amides is 2. The first kappa shape index (κ1) is 34.8. The average molecular weight is 602 g/mol. The van der Waals surface area contributed by atoms with Gasteiger partial charge in [-0.2, -0.15) is 0 Å². The molecule has 0 saturated carbocycles. The lowest BCUT2D eigenvalue weighted by Gasteiger charge is -2.25. The number of hydrogen-bond donors (Lipinski definition) is 0. The summed E-state index contributed by atoms with van der Waals surface area (Å²) in [5, 5.41) is 0. The van der Waals surface area contributed by atoms with Gasteiger partial charge in [-0.15, -0.1) is 0 Å². The second-order valence-corrected chi connectivity index (χ2v) is 12.7. The van der Waals surface area contributed by atoms with Gasteiger partial charge in [0.05, 0.1) is 19.3 Å². The summed E-state index contributed by atoms with van der Waals surface area (Å²) in [6, 6.07) is 18.3. The molecule has 2 amide bonds. The predicted octanol–water partition coefficient (Wildman–Crippen LogP) is 8.60. The second kappa shape index (κ2) is 17.6. The third kappa shape index (κ3) is 10.2. The molecule has 0 N–H and O–H groups in total. The zero-order valence-corrected chi connectivity index (χ0v) is 27.9. The molecule has 0 unspecified atom stereocenters. The first-order valence-electron chi connectivity index (χ1n) is 16.4. The molecule has 0 aliphatic carbocycles. The number of hydrogen-bond acceptors (Lipinski definition) is 4. The van der Waals surface area contributed by atoms with Crippen LogP contribution in [0.15, 0.2) is 66.9 Å². The normalized spacial score (nSPS) is 11.3. The SMILES string of the molecule is CCCCCCCCCCCCOc1ccc(C(=O)N(Cc2cccc[n+]2C)C(=O)c2ccccc2OC)cc1C(C)(C)C. The molecule has 1 heterocycles. The van der Waals surface area contributed by atoms with Crippen LogP contribution in [-0.4, -0.2) is 30.4 Å². The van der Waals surface area contributed by atoms with Gasteiger partial charge >= 0.3 is 0 Å². The Bertz CT molecular complexity index is 1340. The van der Waals surface area contributed by atoms with E-state index in [2.05, 4.69) is 27.7 Å². The van der Waals surface area contributed by atoms with Crippen molar-refractivity contribution in [2.45, 2.75) is 104 Å². The number of aromatic nitrogens is 1. The fourth-order valence-electron chi connectivity index (χ4n) is 5.39. The van der Waals surface area contributed by atoms with Crippen LogP contribution >= 0.6 is 0 Å². The molecule has 6 heteroatoms. The summed E-state index contributed by atoms with van der Waals surface area (Å²) in [6.45, 7) is 9.38. The minimum atomic E-state index is -0.408. The average Bonchev–Trinajstić information content (AvgIpc) is 3.02. The van der Waals surface area contributed by atoms with Crippen LogP contribution in [0.3, 0.4) is 0 Å². The highest BCUT2D eigenvalue weighted by Crippen LogP contribution is 2.33. The third-order valence-corrected chi connectivity index (χ3v) is 8.10. The maximum atomic E-state index is 14.1. The van der Waals surface area contributed by atoms with E-state index < -0.39 is 5.91 Å². The van der Waals surface area contributed by atoms with Gasteiger partial charge < -0.3 is 9.47 Å². The maximum absolute atomic E-state index is 14.1. The molecule has 0 spiro atoms. The van der Waals surface area contributed by atoms with E-state index in [1.807, 2.05) is 54.2 Å². The molecular formula is C38H53N2O4+. The highest BCUT2D eigenvalue weighted by molar-refractivity contribution is 6.11. The lowest BCUT2D eigenvalue weighted by Crippen LogP contribution is -2.42. The molecule has 238 valence electrons. The van der Waals surface area contributed by atoms with E-state index in [4.69, 9.17) is 9.47 Å². The van der Waals surface area contributed by atoms with Crippen molar-refractivity contribution in [2.75, 3.05) is 13.7 Å². The van der Waals surface area contributed by atoms with E-state index >= 15 is 0 Å². The second-order valence-electron chi connectivity index (χ2n) is 12.7. The van der Waals surface area contributed by atoms with Crippen molar-refractivity contribution >= 4 is 11.8 Å². The highest BCUT2D eigenvalue weighted by atomic mass is 16.5. The Morgan fingerprint density at radius 1 is 0.773 bits per heavy atom. The molecule has 0 aliphatic rings. The molecule has 0 bridgehead atoms. The fraction of sp³-hybridized carbons (Fsp3) is 0.500. The van der Waals surface area contributed by atoms with Crippen LogP contribution in [-0.2, 0) is 19.0 Å². The molecule has 44 heavy (non-hydrogen) atoms. The number of carbonyl (C=O) groups is 2. The largest absolute Gasteiger partial charge is 0.496 e. The number of aryl methyl sites for hydroxylation is 1. The van der Waals surface area contributed by atoms with Crippen molar-refractivity contribution in [3.05, 3.63) is 89.2 Å². The van der Waals surface area contributed by atoms with Crippen LogP contribution in [0.4, 0.5) is 0 Å². The van der Waals surface area contributed by atoms with Crippen molar-refractivity contribution in [1.29, 1.82) is 0 Å². The Balaban J connectivity index is 1.75. The molecule has 0 saturated heterocycles. The summed E-state index contributed by atoms with van der Waals surface area (Å²) in [5.41, 5.74) is 2.31. The van der Waals surface area contributed by atoms with Crippen molar-refractivity contribution in [3.8, 4) is 11.5 Å². The number of para-hydroxylation sites is 1. The maximum Gasteiger partial charge on any atom is 0.265 e. The minimum Gasteiger partial charge on any atom is -0.496 e. The molecule has 0 atom stereocenters. The Morgan fingerprint density at radius 3 is 2.05 bits per heavy atom. The van der Waals surface area contributed by atoms with E-state index in [0.717, 1.165) is 29.8 Å². The van der Waals surface area contributed by atoms with E-state index in [9.17, 15) is 9.59 Å². The Labute approximate surface area is 265 Å². The first-order valence-corrected chi connectivity index (χ1v) is 16.4. The van der Waals surface area contributed by atoms with Gasteiger partial charge in [0, 0.05) is 23.3 Å². The summed E-state index contributed by atoms with van der Waals surface area (Å²) in [5.74, 6) is 0.451. The van der Waals surface area contributed by atoms with Gasteiger partial charge in [0.25, 0.3) is 11.8 Å². The van der Waals surface area contributed by atoms with Crippen LogP contribution < -0.4 is 14.0 Å². The van der Waals surface area contributed by atoms with Crippen molar-refractivity contribution in [2.24, 2.45) is 7.05 Å². The van der Waals surface area contributed by atoms with Gasteiger partial charge in [-0.25, -0.2) is 4.57 Å². The topological polar surface area (TPSA) is 59.7 Å². The summed E-state index contributed by atoms with van der Waals surface area (Å²) < 4.78 is 13.7. The monoisotopic (exact) mass is 601 g/mol. The van der Waals surface area contributed by atoms with Gasteiger partial charge in [-0.1, -0.05) is 104 Å². The zero-order chi connectivity index (χ0) is 32.0. The summed E-state index contributed by atoms with van der Waals surface area (Å²) in [4.78, 5) is 29.4. The molecule has 0 radical (unpaired) electrons. The first-order chi connectivity index (χ1) is 21.2. The van der Waals surface area contributed by atoms with Gasteiger partial charge in [-0.05, 0) is 42.2 Å². The number of benzene rings is 2. The number of nitrogens with zero attached hydrogens (tertiary/aromatic N) is 2. The van der Waals surface area contributed by atoms with E-state index in [1.54, 1.807) is 24.3 Å². The van der Waals surface area contributed by atoms with Crippen LogP contribution in [0, 0.1) is 0 Å². The molecule has 2 aromatic carbocycles. The lowest BCUT2D eigenvalue weighted by atomic mass is 9.85. The smallest absolute Gasteiger partial charge is 0.265 e. The predicted molar refractivity (Wildman–Crippen MR) is 177 cm³/mol. The molecule has 6 nitrogen and oxygen atoms in total. The number of unbranched alkanes of at least 4 members (excludes halogenated alkanes) is 9. The van der Waals surface area contributed by atoms with E-state index in [0.29, 0.717) is 23.5 Å². The molecule has 3 aromatic rings. The highest BCUT2D eigenvalue weighted by Gasteiger charge is 2.30. The van der Waals surface area contributed by atoms with Crippen molar-refractivity contribution < 1.29 is 23.6 Å². The number of rotatable bonds is 17. The standard InChI is InChI=1S/C38H53N2O4/c1-7-8-9-10-11-12-13-14-15-20-27-44-35-25-24-30(28-33(35)38(2,3)4)36(41)40(29-31-21-18-19-26-39(31)5)37(42)32-22-16-17-23-34(32)43-6/h16-19,21-26,28H,7-15,20,27,29H2,1-6H3/q+1. The van der Waals surface area contributed by atoms with Gasteiger partial charge in [0.2, 0.25) is 5.69 Å². The van der Waals surface area contributed by atoms with E-state index in [-0.39, 0.29) is 17.9 Å². The number of imide groups is 1. The summed E-state index contributed by atoms with van der Waals surface area (Å²) >= 11 is 0. The third-order valence-electron chi connectivity index (χ3n) is 8.10. The van der Waals surface area contributed by atoms with Crippen LogP contribution in [0.2, 0.25) is 0 Å². The Morgan fingerprint density at radius 2 is 1.41 bits per heavy atom. The van der Waals surface area contributed by atoms with Gasteiger partial charge in [-0.3, -0.25) is 14.5 Å². The lowest BCUT2D eigenvalue weighted by molar-refractivity contribution is -0.679. The van der Waals surface area contributed by atoms with Crippen molar-refractivity contribution in [3.63, 3.8) is 0 Å². The number of ether oxygens (including phenoxy) is 2. The van der Waals surface area contributed by atoms with Crippen LogP contribution in [0.5, 0.6) is 11.5 Å². The van der Waals surface area contributed by atoms with Gasteiger partial charge in [0.15, 0.2) is 6.20 Å². The number of carbonyl (C=O) groups excluding carboxylic acids is 2. The molecule has 0 aliphatic heterocycles. The molecule has 3 rings (SSSR count). The van der Waals surface area contributed by atoms with Crippen LogP contribution in [0.25, 0.3) is 0 Å². The Hall–Kier alpha value is -3.67. The van der Waals surface area contributed by atoms with Crippen molar-refractivity contribution in [1.82, 2.24) is 4.90 Å². The summed E-state index contributed by atoms with van der Waals surface area (Å²) in [6.07, 6.45) is 14.7. The molecule has 0 fully saturated rings. The molecular weight excluding hydrogens is 548 g/mol. The van der Waals surface area contributed by atoms with Gasteiger partial charge in [0.1, 0.15) is 25.1 Å². The quantitative estimate of drug-likeness (QED) is 0.0883.